The monoisotopic (exact) mass is 630 g/mol. The smallest absolute Gasteiger partial charge is 0.338 e. The lowest BCUT2D eigenvalue weighted by atomic mass is 9.52. The fourth-order valence-corrected chi connectivity index (χ4v) is 8.79. The molecule has 3 aliphatic carbocycles. The summed E-state index contributed by atoms with van der Waals surface area (Å²) in [5.41, 5.74) is -5.72. The van der Waals surface area contributed by atoms with E-state index in [-0.39, 0.29) is 30.6 Å². The summed E-state index contributed by atoms with van der Waals surface area (Å²) in [6.45, 7) is 9.60. The zero-order chi connectivity index (χ0) is 33.3. The second-order valence-electron chi connectivity index (χ2n) is 13.5. The lowest BCUT2D eigenvalue weighted by molar-refractivity contribution is -0.252. The van der Waals surface area contributed by atoms with Gasteiger partial charge in [0.05, 0.1) is 40.8 Å². The molecule has 12 heteroatoms. The third-order valence-corrected chi connectivity index (χ3v) is 10.5. The second kappa shape index (κ2) is 11.2. The Morgan fingerprint density at radius 1 is 0.933 bits per heavy atom. The molecule has 0 spiro atoms. The molecule has 12 nitrogen and oxygen atoms in total. The van der Waals surface area contributed by atoms with Crippen molar-refractivity contribution in [1.29, 1.82) is 0 Å². The van der Waals surface area contributed by atoms with Crippen LogP contribution in [-0.2, 0) is 38.1 Å². The van der Waals surface area contributed by atoms with Crippen molar-refractivity contribution in [2.24, 2.45) is 16.7 Å². The number of rotatable bonds is 6. The summed E-state index contributed by atoms with van der Waals surface area (Å²) in [5.74, 6) is -4.01. The molecular formula is C33H42O12. The van der Waals surface area contributed by atoms with E-state index in [1.165, 1.54) is 34.6 Å². The Balaban J connectivity index is 1.86. The number of hydrogen-bond donors (Lipinski definition) is 3. The summed E-state index contributed by atoms with van der Waals surface area (Å²) in [7, 11) is 0. The molecule has 0 bridgehead atoms. The maximum Gasteiger partial charge on any atom is 0.338 e. The first-order chi connectivity index (χ1) is 20.9. The molecule has 1 aromatic carbocycles. The molecule has 4 aliphatic rings. The Hall–Kier alpha value is -3.32. The summed E-state index contributed by atoms with van der Waals surface area (Å²) in [6, 6.07) is 8.18. The van der Waals surface area contributed by atoms with E-state index in [4.69, 9.17) is 23.7 Å². The SMILES string of the molecule is CC(=O)O[C@H]1C[C@H](OC(C)=O)[C@@]2(OC(=O)c3ccccc3)CO[C@H]3C2[C@]1(C)[C@@H](OC(C)=O)[C@H](O)C1=C(C)[C@@H](O)C[C@]13C(C)(C)O. The van der Waals surface area contributed by atoms with Crippen LogP contribution in [0.25, 0.3) is 0 Å². The first kappa shape index (κ1) is 33.1. The van der Waals surface area contributed by atoms with Crippen LogP contribution in [0.1, 0.15) is 71.7 Å². The van der Waals surface area contributed by atoms with Crippen LogP contribution < -0.4 is 0 Å². The first-order valence-electron chi connectivity index (χ1n) is 15.1. The van der Waals surface area contributed by atoms with Crippen molar-refractivity contribution in [3.63, 3.8) is 0 Å². The zero-order valence-electron chi connectivity index (χ0n) is 26.6. The lowest BCUT2D eigenvalue weighted by Crippen LogP contribution is -2.71. The topological polar surface area (TPSA) is 175 Å². The Bertz CT molecular complexity index is 1410. The zero-order valence-corrected chi connectivity index (χ0v) is 26.6. The van der Waals surface area contributed by atoms with Gasteiger partial charge >= 0.3 is 23.9 Å². The first-order valence-corrected chi connectivity index (χ1v) is 15.1. The minimum absolute atomic E-state index is 0.0854. The molecule has 1 saturated heterocycles. The molecule has 0 aromatic heterocycles. The molecule has 1 aliphatic heterocycles. The van der Waals surface area contributed by atoms with Gasteiger partial charge in [-0.15, -0.1) is 0 Å². The van der Waals surface area contributed by atoms with Gasteiger partial charge in [0.2, 0.25) is 0 Å². The van der Waals surface area contributed by atoms with Crippen LogP contribution in [0, 0.1) is 16.7 Å². The van der Waals surface area contributed by atoms with E-state index in [0.717, 1.165) is 0 Å². The van der Waals surface area contributed by atoms with E-state index in [1.807, 2.05) is 0 Å². The molecule has 10 atom stereocenters. The number of esters is 4. The quantitative estimate of drug-likeness (QED) is 0.237. The van der Waals surface area contributed by atoms with Gasteiger partial charge in [-0.2, -0.15) is 0 Å². The van der Waals surface area contributed by atoms with Crippen LogP contribution in [0.4, 0.5) is 0 Å². The lowest BCUT2D eigenvalue weighted by Gasteiger charge is -2.57. The molecule has 3 N–H and O–H groups in total. The predicted molar refractivity (Wildman–Crippen MR) is 155 cm³/mol. The number of aliphatic hydroxyl groups excluding tert-OH is 2. The summed E-state index contributed by atoms with van der Waals surface area (Å²) in [4.78, 5) is 51.7. The fraction of sp³-hybridized carbons (Fsp3) is 0.636. The summed E-state index contributed by atoms with van der Waals surface area (Å²) in [5, 5.41) is 35.5. The number of carbonyl (C=O) groups excluding carboxylic acids is 4. The Morgan fingerprint density at radius 3 is 2.07 bits per heavy atom. The minimum atomic E-state index is -1.78. The minimum Gasteiger partial charge on any atom is -0.462 e. The van der Waals surface area contributed by atoms with Crippen molar-refractivity contribution in [1.82, 2.24) is 0 Å². The average Bonchev–Trinajstić information content (AvgIpc) is 3.44. The molecule has 5 rings (SSSR count). The van der Waals surface area contributed by atoms with Crippen molar-refractivity contribution in [3.8, 4) is 0 Å². The summed E-state index contributed by atoms with van der Waals surface area (Å²) >= 11 is 0. The number of benzene rings is 1. The molecule has 3 fully saturated rings. The standard InChI is InChI=1S/C33H42O12/c1-16-21(37)14-32(30(5,6)40)24(16)25(38)27(44-19(4)36)31(7)22(42-17(2)34)13-23(43-18(3)35)33(15-41-28(32)26(31)33)45-29(39)20-11-9-8-10-12-20/h8-12,21-23,25-28,37-38,40H,13-15H2,1-7H3/t21-,22-,23-,25+,26?,27-,28-,31+,32-,33-/m0/s1. The van der Waals surface area contributed by atoms with Crippen LogP contribution in [0.5, 0.6) is 0 Å². The molecule has 246 valence electrons. The highest BCUT2D eigenvalue weighted by atomic mass is 16.6. The predicted octanol–water partition coefficient (Wildman–Crippen LogP) is 2.02. The number of ether oxygens (including phenoxy) is 5. The molecule has 1 unspecified atom stereocenters. The van der Waals surface area contributed by atoms with E-state index >= 15 is 0 Å². The van der Waals surface area contributed by atoms with E-state index in [1.54, 1.807) is 44.2 Å². The Morgan fingerprint density at radius 2 is 1.51 bits per heavy atom. The van der Waals surface area contributed by atoms with Crippen LogP contribution >= 0.6 is 0 Å². The van der Waals surface area contributed by atoms with E-state index in [2.05, 4.69) is 0 Å². The van der Waals surface area contributed by atoms with Crippen LogP contribution in [-0.4, -0.2) is 93.6 Å². The van der Waals surface area contributed by atoms with Crippen molar-refractivity contribution in [2.75, 3.05) is 6.61 Å². The van der Waals surface area contributed by atoms with Crippen LogP contribution in [0.3, 0.4) is 0 Å². The normalized spacial score (nSPS) is 38.8. The highest BCUT2D eigenvalue weighted by molar-refractivity contribution is 5.89. The van der Waals surface area contributed by atoms with Crippen molar-refractivity contribution in [3.05, 3.63) is 47.0 Å². The van der Waals surface area contributed by atoms with Gasteiger partial charge in [-0.05, 0) is 50.5 Å². The second-order valence-corrected chi connectivity index (χ2v) is 13.5. The fourth-order valence-electron chi connectivity index (χ4n) is 8.79. The molecule has 45 heavy (non-hydrogen) atoms. The molecule has 1 heterocycles. The van der Waals surface area contributed by atoms with Gasteiger partial charge in [0.15, 0.2) is 5.60 Å². The van der Waals surface area contributed by atoms with E-state index in [0.29, 0.717) is 5.57 Å². The molecule has 0 radical (unpaired) electrons. The highest BCUT2D eigenvalue weighted by Crippen LogP contribution is 2.69. The largest absolute Gasteiger partial charge is 0.462 e. The molecule has 0 amide bonds. The maximum atomic E-state index is 13.8. The van der Waals surface area contributed by atoms with Gasteiger partial charge in [-0.3, -0.25) is 14.4 Å². The number of hydrogen-bond acceptors (Lipinski definition) is 12. The van der Waals surface area contributed by atoms with Gasteiger partial charge in [0.1, 0.15) is 24.4 Å². The van der Waals surface area contributed by atoms with Gasteiger partial charge < -0.3 is 39.0 Å². The Labute approximate surface area is 261 Å². The highest BCUT2D eigenvalue weighted by Gasteiger charge is 2.80. The van der Waals surface area contributed by atoms with Gasteiger partial charge in [-0.25, -0.2) is 4.79 Å². The Kier molecular flexibility index (Phi) is 8.21. The third-order valence-electron chi connectivity index (χ3n) is 10.5. The van der Waals surface area contributed by atoms with Gasteiger partial charge in [0, 0.05) is 33.1 Å². The molecule has 2 saturated carbocycles. The number of fused-ring (bicyclic) bond motifs is 2. The van der Waals surface area contributed by atoms with Crippen molar-refractivity contribution in [2.45, 2.75) is 109 Å². The van der Waals surface area contributed by atoms with Crippen molar-refractivity contribution >= 4 is 23.9 Å². The summed E-state index contributed by atoms with van der Waals surface area (Å²) in [6.07, 6.45) is -7.93. The summed E-state index contributed by atoms with van der Waals surface area (Å²) < 4.78 is 30.6. The van der Waals surface area contributed by atoms with Crippen LogP contribution in [0.15, 0.2) is 41.5 Å². The van der Waals surface area contributed by atoms with Gasteiger partial charge in [0.25, 0.3) is 0 Å². The molecule has 1 aromatic rings. The molecular weight excluding hydrogens is 588 g/mol. The van der Waals surface area contributed by atoms with E-state index in [9.17, 15) is 34.5 Å². The maximum absolute atomic E-state index is 13.8. The van der Waals surface area contributed by atoms with Gasteiger partial charge in [-0.1, -0.05) is 25.1 Å². The number of carbonyl (C=O) groups is 4. The van der Waals surface area contributed by atoms with Crippen molar-refractivity contribution < 1.29 is 58.2 Å². The third kappa shape index (κ3) is 4.88. The average molecular weight is 631 g/mol. The van der Waals surface area contributed by atoms with E-state index < -0.39 is 88.5 Å². The van der Waals surface area contributed by atoms with Crippen LogP contribution in [0.2, 0.25) is 0 Å². The number of aliphatic hydroxyl groups is 3.